The van der Waals surface area contributed by atoms with Gasteiger partial charge < -0.3 is 5.11 Å². The molecular weight excluding hydrogens is 289 g/mol. The number of thioether (sulfide) groups is 1. The molecule has 0 spiro atoms. The van der Waals surface area contributed by atoms with Gasteiger partial charge in [-0.15, -0.1) is 11.8 Å². The highest BCUT2D eigenvalue weighted by Gasteiger charge is 2.60. The van der Waals surface area contributed by atoms with E-state index >= 15 is 0 Å². The molecule has 1 aliphatic heterocycles. The van der Waals surface area contributed by atoms with E-state index in [1.54, 1.807) is 12.1 Å². The first-order valence-electron chi connectivity index (χ1n) is 6.24. The number of carbonyl (C=O) groups is 1. The van der Waals surface area contributed by atoms with E-state index in [1.165, 1.54) is 0 Å². The summed E-state index contributed by atoms with van der Waals surface area (Å²) in [6, 6.07) is 9.05. The highest BCUT2D eigenvalue weighted by Crippen LogP contribution is 2.55. The van der Waals surface area contributed by atoms with Gasteiger partial charge in [0.15, 0.2) is 0 Å². The van der Waals surface area contributed by atoms with Gasteiger partial charge in [0.2, 0.25) is 0 Å². The zero-order chi connectivity index (χ0) is 15.0. The number of benzene rings is 1. The lowest BCUT2D eigenvalue weighted by Crippen LogP contribution is -2.37. The van der Waals surface area contributed by atoms with Crippen LogP contribution in [-0.4, -0.2) is 27.2 Å². The topological polar surface area (TPSA) is 37.3 Å². The van der Waals surface area contributed by atoms with Crippen LogP contribution in [0.25, 0.3) is 0 Å². The van der Waals surface area contributed by atoms with E-state index in [1.807, 2.05) is 18.2 Å². The third-order valence-electron chi connectivity index (χ3n) is 3.65. The molecule has 1 fully saturated rings. The number of hydrogen-bond acceptors (Lipinski definition) is 2. The summed E-state index contributed by atoms with van der Waals surface area (Å²) in [6.45, 7) is 1.10. The van der Waals surface area contributed by atoms with E-state index in [0.29, 0.717) is 18.2 Å². The highest BCUT2D eigenvalue weighted by molar-refractivity contribution is 8.02. The van der Waals surface area contributed by atoms with Crippen LogP contribution in [0.5, 0.6) is 0 Å². The van der Waals surface area contributed by atoms with Crippen molar-refractivity contribution >= 4 is 17.7 Å². The van der Waals surface area contributed by atoms with E-state index < -0.39 is 28.1 Å². The summed E-state index contributed by atoms with van der Waals surface area (Å²) in [5, 5.41) is 8.16. The molecule has 2 nitrogen and oxygen atoms in total. The van der Waals surface area contributed by atoms with Gasteiger partial charge in [0.05, 0.1) is 0 Å². The molecule has 1 saturated heterocycles. The Morgan fingerprint density at radius 3 is 2.50 bits per heavy atom. The Balaban J connectivity index is 2.21. The summed E-state index contributed by atoms with van der Waals surface area (Å²) < 4.78 is 37.3. The summed E-state index contributed by atoms with van der Waals surface area (Å²) >= 11 is 0.531. The Morgan fingerprint density at radius 1 is 1.40 bits per heavy atom. The van der Waals surface area contributed by atoms with Crippen molar-refractivity contribution in [3.63, 3.8) is 0 Å². The Bertz CT molecular complexity index is 489. The average molecular weight is 304 g/mol. The molecule has 0 bridgehead atoms. The van der Waals surface area contributed by atoms with Crippen molar-refractivity contribution in [1.82, 2.24) is 0 Å². The van der Waals surface area contributed by atoms with Crippen LogP contribution < -0.4 is 0 Å². The van der Waals surface area contributed by atoms with Crippen LogP contribution in [0.15, 0.2) is 30.3 Å². The van der Waals surface area contributed by atoms with E-state index in [-0.39, 0.29) is 6.42 Å². The Hall–Kier alpha value is -1.17. The maximum Gasteiger partial charge on any atom is 0.403 e. The third-order valence-corrected chi connectivity index (χ3v) is 5.41. The molecule has 0 amide bonds. The predicted octanol–water partition coefficient (Wildman–Crippen LogP) is 3.76. The zero-order valence-electron chi connectivity index (χ0n) is 10.9. The van der Waals surface area contributed by atoms with E-state index in [0.717, 1.165) is 12.5 Å². The van der Waals surface area contributed by atoms with Crippen molar-refractivity contribution in [2.45, 2.75) is 35.9 Å². The fourth-order valence-electron chi connectivity index (χ4n) is 2.56. The molecule has 1 aromatic rings. The summed E-state index contributed by atoms with van der Waals surface area (Å²) in [7, 11) is 0. The molecule has 2 rings (SSSR count). The fraction of sp³-hybridized carbons (Fsp3) is 0.500. The Kier molecular flexibility index (Phi) is 4.04. The van der Waals surface area contributed by atoms with Crippen molar-refractivity contribution < 1.29 is 23.1 Å². The molecule has 1 aliphatic rings. The summed E-state index contributed by atoms with van der Waals surface area (Å²) in [5.41, 5.74) is 0.871. The van der Waals surface area contributed by atoms with Gasteiger partial charge in [0.25, 0.3) is 0 Å². The van der Waals surface area contributed by atoms with Crippen LogP contribution in [-0.2, 0) is 11.2 Å². The lowest BCUT2D eigenvalue weighted by atomic mass is 9.87. The second-order valence-electron chi connectivity index (χ2n) is 5.26. The number of aliphatic carboxylic acids is 1. The van der Waals surface area contributed by atoms with Crippen LogP contribution in [0.3, 0.4) is 0 Å². The fourth-order valence-corrected chi connectivity index (χ4v) is 4.05. The molecule has 0 radical (unpaired) electrons. The van der Waals surface area contributed by atoms with Crippen LogP contribution in [0.1, 0.15) is 18.9 Å². The number of halogens is 3. The van der Waals surface area contributed by atoms with Gasteiger partial charge in [-0.05, 0) is 31.2 Å². The first kappa shape index (κ1) is 15.2. The van der Waals surface area contributed by atoms with Gasteiger partial charge in [-0.3, -0.25) is 4.79 Å². The highest BCUT2D eigenvalue weighted by atomic mass is 32.2. The van der Waals surface area contributed by atoms with Crippen molar-refractivity contribution in [3.05, 3.63) is 35.9 Å². The second-order valence-corrected chi connectivity index (χ2v) is 6.90. The monoisotopic (exact) mass is 304 g/mol. The van der Waals surface area contributed by atoms with Crippen LogP contribution in [0.4, 0.5) is 13.2 Å². The lowest BCUT2D eigenvalue weighted by Gasteiger charge is -2.26. The molecule has 1 aromatic carbocycles. The maximum absolute atomic E-state index is 13.1. The predicted molar refractivity (Wildman–Crippen MR) is 71.7 cm³/mol. The van der Waals surface area contributed by atoms with E-state index in [9.17, 15) is 23.1 Å². The molecule has 0 saturated carbocycles. The normalized spacial score (nSPS) is 30.4. The molecule has 6 heteroatoms. The molecule has 0 aliphatic carbocycles. The summed E-state index contributed by atoms with van der Waals surface area (Å²) in [5.74, 6) is -1.67. The molecule has 1 heterocycles. The summed E-state index contributed by atoms with van der Waals surface area (Å²) in [4.78, 5) is 11.2. The first-order chi connectivity index (χ1) is 9.23. The van der Waals surface area contributed by atoms with Crippen molar-refractivity contribution in [3.8, 4) is 0 Å². The van der Waals surface area contributed by atoms with Gasteiger partial charge >= 0.3 is 12.1 Å². The minimum absolute atomic E-state index is 0.160. The number of alkyl halides is 3. The molecule has 1 unspecified atom stereocenters. The van der Waals surface area contributed by atoms with E-state index in [2.05, 4.69) is 0 Å². The number of carboxylic acids is 1. The molecule has 110 valence electrons. The lowest BCUT2D eigenvalue weighted by molar-refractivity contribution is -0.157. The van der Waals surface area contributed by atoms with Gasteiger partial charge in [0.1, 0.15) is 10.00 Å². The molecule has 20 heavy (non-hydrogen) atoms. The van der Waals surface area contributed by atoms with Gasteiger partial charge in [0, 0.05) is 0 Å². The van der Waals surface area contributed by atoms with Gasteiger partial charge in [-0.25, -0.2) is 0 Å². The minimum atomic E-state index is -4.39. The molecular formula is C14H15F3O2S. The van der Waals surface area contributed by atoms with Gasteiger partial charge in [-0.1, -0.05) is 30.3 Å². The Morgan fingerprint density at radius 2 is 2.00 bits per heavy atom. The first-order valence-corrected chi connectivity index (χ1v) is 7.12. The van der Waals surface area contributed by atoms with Crippen molar-refractivity contribution in [2.24, 2.45) is 5.92 Å². The van der Waals surface area contributed by atoms with Gasteiger partial charge in [-0.2, -0.15) is 13.2 Å². The quantitative estimate of drug-likeness (QED) is 0.924. The zero-order valence-corrected chi connectivity index (χ0v) is 11.7. The summed E-state index contributed by atoms with van der Waals surface area (Å²) in [6.07, 6.45) is -4.19. The molecule has 0 aromatic heterocycles. The number of hydrogen-bond donors (Lipinski definition) is 1. The number of carboxylic acid groups (broad SMARTS) is 1. The third kappa shape index (κ3) is 2.95. The largest absolute Gasteiger partial charge is 0.480 e. The number of rotatable bonds is 3. The smallest absolute Gasteiger partial charge is 0.403 e. The molecule has 1 N–H and O–H groups in total. The van der Waals surface area contributed by atoms with Crippen molar-refractivity contribution in [1.29, 1.82) is 0 Å². The average Bonchev–Trinajstić information content (AvgIpc) is 2.69. The maximum atomic E-state index is 13.1. The van der Waals surface area contributed by atoms with Crippen molar-refractivity contribution in [2.75, 3.05) is 0 Å². The van der Waals surface area contributed by atoms with Crippen LogP contribution >= 0.6 is 11.8 Å². The second kappa shape index (κ2) is 5.31. The van der Waals surface area contributed by atoms with Crippen LogP contribution in [0, 0.1) is 5.92 Å². The van der Waals surface area contributed by atoms with Crippen LogP contribution in [0.2, 0.25) is 0 Å². The Labute approximate surface area is 119 Å². The minimum Gasteiger partial charge on any atom is -0.480 e. The van der Waals surface area contributed by atoms with E-state index in [4.69, 9.17) is 0 Å². The molecule has 3 atom stereocenters. The SMILES string of the molecule is CC1(C(F)(F)F)C[C@@H](Cc2ccccc2)[C@H](C(=O)O)S1. The standard InChI is InChI=1S/C14H15F3O2S/c1-13(14(15,16)17)8-10(11(20-13)12(18)19)7-9-5-3-2-4-6-9/h2-6,10-11H,7-8H2,1H3,(H,18,19)/t10-,11-,13?/m1/s1.